The molecule has 0 aliphatic rings. The summed E-state index contributed by atoms with van der Waals surface area (Å²) in [5.41, 5.74) is 5.22. The average Bonchev–Trinajstić information content (AvgIpc) is 2.86. The second-order valence-electron chi connectivity index (χ2n) is 3.55. The van der Waals surface area contributed by atoms with Crippen LogP contribution in [-0.2, 0) is 0 Å². The Balaban J connectivity index is 2.16. The molecule has 3 nitrogen and oxygen atoms in total. The van der Waals surface area contributed by atoms with Gasteiger partial charge in [0.05, 0.1) is 28.0 Å². The quantitative estimate of drug-likeness (QED) is 0.601. The molecular formula is C13H7N3S. The van der Waals surface area contributed by atoms with Crippen LogP contribution >= 0.6 is 11.3 Å². The van der Waals surface area contributed by atoms with E-state index in [9.17, 15) is 0 Å². The molecule has 3 rings (SSSR count). The summed E-state index contributed by atoms with van der Waals surface area (Å²) in [5, 5.41) is 0. The predicted octanol–water partition coefficient (Wildman–Crippen LogP) is 3.91. The summed E-state index contributed by atoms with van der Waals surface area (Å²) in [6.45, 7) is 7.00. The molecule has 0 atom stereocenters. The number of pyridine rings is 1. The molecule has 1 aromatic carbocycles. The molecule has 0 radical (unpaired) electrons. The van der Waals surface area contributed by atoms with E-state index in [1.54, 1.807) is 29.7 Å². The molecule has 0 fully saturated rings. The van der Waals surface area contributed by atoms with Crippen LogP contribution in [-0.4, -0.2) is 9.97 Å². The molecule has 0 aliphatic carbocycles. The van der Waals surface area contributed by atoms with Crippen LogP contribution < -0.4 is 0 Å². The van der Waals surface area contributed by atoms with Crippen molar-refractivity contribution in [3.05, 3.63) is 53.5 Å². The fourth-order valence-electron chi connectivity index (χ4n) is 1.66. The largest absolute Gasteiger partial charge is 0.259 e. The summed E-state index contributed by atoms with van der Waals surface area (Å²) in [5.74, 6) is 0. The van der Waals surface area contributed by atoms with Gasteiger partial charge in [0.1, 0.15) is 0 Å². The SMILES string of the molecule is [C-]#[N+]c1ccnc(-c2ccc3scnc3c2)c1. The monoisotopic (exact) mass is 237 g/mol. The molecule has 0 unspecified atom stereocenters. The fourth-order valence-corrected chi connectivity index (χ4v) is 2.32. The molecule has 2 aromatic heterocycles. The highest BCUT2D eigenvalue weighted by Gasteiger charge is 2.03. The Morgan fingerprint density at radius 1 is 1.12 bits per heavy atom. The number of benzene rings is 1. The molecule has 0 saturated carbocycles. The van der Waals surface area contributed by atoms with E-state index in [1.165, 1.54) is 0 Å². The van der Waals surface area contributed by atoms with Crippen molar-refractivity contribution in [2.24, 2.45) is 0 Å². The van der Waals surface area contributed by atoms with Crippen molar-refractivity contribution in [2.45, 2.75) is 0 Å². The van der Waals surface area contributed by atoms with Gasteiger partial charge < -0.3 is 0 Å². The average molecular weight is 237 g/mol. The number of aromatic nitrogens is 2. The third-order valence-electron chi connectivity index (χ3n) is 2.50. The highest BCUT2D eigenvalue weighted by Crippen LogP contribution is 2.26. The normalized spacial score (nSPS) is 10.3. The number of hydrogen-bond acceptors (Lipinski definition) is 3. The lowest BCUT2D eigenvalue weighted by molar-refractivity contribution is 1.33. The summed E-state index contributed by atoms with van der Waals surface area (Å²) < 4.78 is 1.16. The van der Waals surface area contributed by atoms with Gasteiger partial charge in [0.15, 0.2) is 5.69 Å². The standard InChI is InChI=1S/C13H7N3S/c1-14-10-4-5-15-11(7-10)9-2-3-13-12(6-9)16-8-17-13/h2-8H. The van der Waals surface area contributed by atoms with Gasteiger partial charge in [-0.25, -0.2) is 9.83 Å². The molecule has 0 bridgehead atoms. The van der Waals surface area contributed by atoms with Crippen LogP contribution in [0, 0.1) is 6.57 Å². The maximum absolute atomic E-state index is 7.00. The van der Waals surface area contributed by atoms with Gasteiger partial charge in [0.25, 0.3) is 0 Å². The zero-order chi connectivity index (χ0) is 11.7. The molecule has 0 N–H and O–H groups in total. The van der Waals surface area contributed by atoms with Crippen LogP contribution in [0.2, 0.25) is 0 Å². The Labute approximate surface area is 102 Å². The summed E-state index contributed by atoms with van der Waals surface area (Å²) in [6, 6.07) is 9.55. The first kappa shape index (κ1) is 9.94. The van der Waals surface area contributed by atoms with Crippen molar-refractivity contribution < 1.29 is 0 Å². The summed E-state index contributed by atoms with van der Waals surface area (Å²) in [7, 11) is 0. The van der Waals surface area contributed by atoms with E-state index in [-0.39, 0.29) is 0 Å². The van der Waals surface area contributed by atoms with E-state index in [0.717, 1.165) is 21.5 Å². The first-order valence-electron chi connectivity index (χ1n) is 5.04. The lowest BCUT2D eigenvalue weighted by atomic mass is 10.1. The van der Waals surface area contributed by atoms with Gasteiger partial charge in [0, 0.05) is 11.8 Å². The van der Waals surface area contributed by atoms with Gasteiger partial charge in [-0.1, -0.05) is 6.07 Å². The summed E-state index contributed by atoms with van der Waals surface area (Å²) in [4.78, 5) is 12.0. The minimum absolute atomic E-state index is 0.605. The Bertz CT molecular complexity index is 725. The third-order valence-corrected chi connectivity index (χ3v) is 3.31. The van der Waals surface area contributed by atoms with Gasteiger partial charge in [-0.2, -0.15) is 0 Å². The first-order valence-corrected chi connectivity index (χ1v) is 5.92. The first-order chi connectivity index (χ1) is 8.36. The molecule has 0 spiro atoms. The van der Waals surface area contributed by atoms with Gasteiger partial charge >= 0.3 is 0 Å². The van der Waals surface area contributed by atoms with E-state index in [2.05, 4.69) is 14.8 Å². The third kappa shape index (κ3) is 1.77. The van der Waals surface area contributed by atoms with Crippen molar-refractivity contribution in [1.82, 2.24) is 9.97 Å². The number of fused-ring (bicyclic) bond motifs is 1. The molecule has 0 saturated heterocycles. The molecular weight excluding hydrogens is 230 g/mol. The zero-order valence-corrected chi connectivity index (χ0v) is 9.61. The van der Waals surface area contributed by atoms with E-state index >= 15 is 0 Å². The van der Waals surface area contributed by atoms with E-state index in [1.807, 2.05) is 23.7 Å². The van der Waals surface area contributed by atoms with Crippen molar-refractivity contribution >= 4 is 27.2 Å². The molecule has 4 heteroatoms. The Hall–Kier alpha value is -2.25. The van der Waals surface area contributed by atoms with Gasteiger partial charge in [-0.3, -0.25) is 4.98 Å². The predicted molar refractivity (Wildman–Crippen MR) is 69.1 cm³/mol. The van der Waals surface area contributed by atoms with Crippen molar-refractivity contribution in [3.63, 3.8) is 0 Å². The maximum Gasteiger partial charge on any atom is 0.190 e. The van der Waals surface area contributed by atoms with E-state index < -0.39 is 0 Å². The number of rotatable bonds is 1. The van der Waals surface area contributed by atoms with E-state index in [4.69, 9.17) is 6.57 Å². The van der Waals surface area contributed by atoms with Crippen LogP contribution in [0.3, 0.4) is 0 Å². The molecule has 80 valence electrons. The fraction of sp³-hybridized carbons (Fsp3) is 0. The zero-order valence-electron chi connectivity index (χ0n) is 8.79. The molecule has 3 aromatic rings. The van der Waals surface area contributed by atoms with Crippen LogP contribution in [0.15, 0.2) is 42.0 Å². The van der Waals surface area contributed by atoms with Crippen LogP contribution in [0.4, 0.5) is 5.69 Å². The molecule has 0 aliphatic heterocycles. The Kier molecular flexibility index (Phi) is 2.32. The second-order valence-corrected chi connectivity index (χ2v) is 4.43. The van der Waals surface area contributed by atoms with Crippen molar-refractivity contribution in [3.8, 4) is 11.3 Å². The second kappa shape index (κ2) is 3.96. The topological polar surface area (TPSA) is 30.1 Å². The van der Waals surface area contributed by atoms with Crippen LogP contribution in [0.1, 0.15) is 0 Å². The Morgan fingerprint density at radius 3 is 2.94 bits per heavy atom. The molecule has 2 heterocycles. The van der Waals surface area contributed by atoms with E-state index in [0.29, 0.717) is 5.69 Å². The lowest BCUT2D eigenvalue weighted by Gasteiger charge is -2.00. The number of nitrogens with zero attached hydrogens (tertiary/aromatic N) is 3. The minimum atomic E-state index is 0.605. The summed E-state index contributed by atoms with van der Waals surface area (Å²) in [6.07, 6.45) is 1.66. The number of hydrogen-bond donors (Lipinski definition) is 0. The van der Waals surface area contributed by atoms with Crippen LogP contribution in [0.5, 0.6) is 0 Å². The highest BCUT2D eigenvalue weighted by molar-refractivity contribution is 7.16. The van der Waals surface area contributed by atoms with Gasteiger partial charge in [-0.05, 0) is 24.3 Å². The smallest absolute Gasteiger partial charge is 0.190 e. The number of thiazole rings is 1. The van der Waals surface area contributed by atoms with Crippen molar-refractivity contribution in [2.75, 3.05) is 0 Å². The van der Waals surface area contributed by atoms with Gasteiger partial charge in [0.2, 0.25) is 0 Å². The summed E-state index contributed by atoms with van der Waals surface area (Å²) >= 11 is 1.62. The Morgan fingerprint density at radius 2 is 2.06 bits per heavy atom. The van der Waals surface area contributed by atoms with Crippen LogP contribution in [0.25, 0.3) is 26.3 Å². The molecule has 17 heavy (non-hydrogen) atoms. The minimum Gasteiger partial charge on any atom is -0.259 e. The maximum atomic E-state index is 7.00. The van der Waals surface area contributed by atoms with Crippen molar-refractivity contribution in [1.29, 1.82) is 0 Å². The molecule has 0 amide bonds. The van der Waals surface area contributed by atoms with Gasteiger partial charge in [-0.15, -0.1) is 11.3 Å². The highest BCUT2D eigenvalue weighted by atomic mass is 32.1. The lowest BCUT2D eigenvalue weighted by Crippen LogP contribution is -1.81.